The number of hydrogen-bond donors (Lipinski definition) is 4. The lowest BCUT2D eigenvalue weighted by atomic mass is 10.1. The number of aliphatic hydroxyl groups is 1. The predicted octanol–water partition coefficient (Wildman–Crippen LogP) is -1.61. The van der Waals surface area contributed by atoms with Crippen LogP contribution < -0.4 is 16.7 Å². The van der Waals surface area contributed by atoms with Gasteiger partial charge >= 0.3 is 5.69 Å². The minimum atomic E-state index is -0.540. The van der Waals surface area contributed by atoms with E-state index in [-0.39, 0.29) is 18.8 Å². The van der Waals surface area contributed by atoms with Gasteiger partial charge in [-0.15, -0.1) is 0 Å². The molecule has 15 heavy (non-hydrogen) atoms. The smallest absolute Gasteiger partial charge is 0.325 e. The number of hydroxylamine groups is 1. The molecule has 0 spiro atoms. The first-order valence-corrected chi connectivity index (χ1v) is 4.54. The summed E-state index contributed by atoms with van der Waals surface area (Å²) in [5.41, 5.74) is 2.04. The van der Waals surface area contributed by atoms with Gasteiger partial charge in [-0.05, 0) is 6.42 Å². The van der Waals surface area contributed by atoms with E-state index in [1.165, 1.54) is 6.20 Å². The molecule has 0 aliphatic carbocycles. The molecular formula is C8H11N3O4. The molecule has 0 aromatic carbocycles. The van der Waals surface area contributed by atoms with Crippen molar-refractivity contribution in [2.75, 3.05) is 6.61 Å². The average Bonchev–Trinajstić information content (AvgIpc) is 2.66. The van der Waals surface area contributed by atoms with Crippen LogP contribution in [0.1, 0.15) is 18.0 Å². The molecule has 0 radical (unpaired) electrons. The SMILES string of the molecule is O=c1[nH]cc([C@H]2C[C@@H](CO)ON2)c(=O)[nH]1. The molecule has 7 nitrogen and oxygen atoms in total. The van der Waals surface area contributed by atoms with E-state index < -0.39 is 11.2 Å². The number of hydrogen-bond acceptors (Lipinski definition) is 5. The maximum Gasteiger partial charge on any atom is 0.325 e. The van der Waals surface area contributed by atoms with Crippen LogP contribution in [0.4, 0.5) is 0 Å². The van der Waals surface area contributed by atoms with Gasteiger partial charge in [0, 0.05) is 6.20 Å². The fraction of sp³-hybridized carbons (Fsp3) is 0.500. The Labute approximate surface area is 84.1 Å². The van der Waals surface area contributed by atoms with E-state index >= 15 is 0 Å². The summed E-state index contributed by atoms with van der Waals surface area (Å²) >= 11 is 0. The molecule has 82 valence electrons. The van der Waals surface area contributed by atoms with E-state index in [0.717, 1.165) is 0 Å². The highest BCUT2D eigenvalue weighted by atomic mass is 16.7. The maximum absolute atomic E-state index is 11.4. The lowest BCUT2D eigenvalue weighted by Crippen LogP contribution is -2.28. The molecule has 4 N–H and O–H groups in total. The molecule has 1 aromatic rings. The highest BCUT2D eigenvalue weighted by molar-refractivity contribution is 5.10. The first-order chi connectivity index (χ1) is 7.20. The number of aromatic nitrogens is 2. The minimum absolute atomic E-state index is 0.106. The summed E-state index contributed by atoms with van der Waals surface area (Å²) in [4.78, 5) is 31.7. The lowest BCUT2D eigenvalue weighted by molar-refractivity contribution is -0.00344. The maximum atomic E-state index is 11.4. The van der Waals surface area contributed by atoms with Gasteiger partial charge in [0.15, 0.2) is 0 Å². The molecule has 1 fully saturated rings. The average molecular weight is 213 g/mol. The van der Waals surface area contributed by atoms with Crippen LogP contribution in [-0.2, 0) is 4.84 Å². The molecule has 1 saturated heterocycles. The summed E-state index contributed by atoms with van der Waals surface area (Å²) in [6.07, 6.45) is 1.52. The normalized spacial score (nSPS) is 25.7. The molecule has 0 saturated carbocycles. The molecule has 1 aliphatic rings. The Hall–Kier alpha value is -1.44. The molecular weight excluding hydrogens is 202 g/mol. The molecule has 0 amide bonds. The van der Waals surface area contributed by atoms with Crippen LogP contribution in [-0.4, -0.2) is 27.8 Å². The lowest BCUT2D eigenvalue weighted by Gasteiger charge is -2.05. The van der Waals surface area contributed by atoms with E-state index in [2.05, 4.69) is 15.4 Å². The van der Waals surface area contributed by atoms with Crippen LogP contribution in [0.15, 0.2) is 15.8 Å². The highest BCUT2D eigenvalue weighted by Crippen LogP contribution is 2.21. The first kappa shape index (κ1) is 10.1. The summed E-state index contributed by atoms with van der Waals surface area (Å²) in [6.45, 7) is -0.106. The van der Waals surface area contributed by atoms with Crippen LogP contribution >= 0.6 is 0 Å². The number of rotatable bonds is 2. The molecule has 7 heteroatoms. The zero-order chi connectivity index (χ0) is 10.8. The highest BCUT2D eigenvalue weighted by Gasteiger charge is 2.27. The molecule has 2 heterocycles. The number of aliphatic hydroxyl groups excluding tert-OH is 1. The van der Waals surface area contributed by atoms with Crippen molar-refractivity contribution >= 4 is 0 Å². The van der Waals surface area contributed by atoms with Gasteiger partial charge < -0.3 is 10.1 Å². The fourth-order valence-corrected chi connectivity index (χ4v) is 1.52. The number of H-pyrrole nitrogens is 2. The van der Waals surface area contributed by atoms with Gasteiger partial charge in [-0.2, -0.15) is 5.48 Å². The number of aromatic amines is 2. The van der Waals surface area contributed by atoms with Gasteiger partial charge in [0.25, 0.3) is 5.56 Å². The third kappa shape index (κ3) is 1.99. The summed E-state index contributed by atoms with van der Waals surface area (Å²) < 4.78 is 0. The predicted molar refractivity (Wildman–Crippen MR) is 50.1 cm³/mol. The van der Waals surface area contributed by atoms with E-state index in [1.807, 2.05) is 0 Å². The van der Waals surface area contributed by atoms with Crippen molar-refractivity contribution in [1.82, 2.24) is 15.4 Å². The van der Waals surface area contributed by atoms with E-state index in [9.17, 15) is 9.59 Å². The first-order valence-electron chi connectivity index (χ1n) is 4.54. The van der Waals surface area contributed by atoms with Crippen LogP contribution in [0.2, 0.25) is 0 Å². The largest absolute Gasteiger partial charge is 0.394 e. The van der Waals surface area contributed by atoms with Crippen molar-refractivity contribution in [2.24, 2.45) is 0 Å². The third-order valence-corrected chi connectivity index (χ3v) is 2.30. The zero-order valence-corrected chi connectivity index (χ0v) is 7.82. The molecule has 2 atom stereocenters. The van der Waals surface area contributed by atoms with Crippen LogP contribution in [0.25, 0.3) is 0 Å². The Bertz CT molecular complexity index is 452. The van der Waals surface area contributed by atoms with Crippen molar-refractivity contribution in [3.05, 3.63) is 32.6 Å². The molecule has 2 rings (SSSR count). The molecule has 0 bridgehead atoms. The summed E-state index contributed by atoms with van der Waals surface area (Å²) in [7, 11) is 0. The van der Waals surface area contributed by atoms with Crippen LogP contribution in [0.3, 0.4) is 0 Å². The van der Waals surface area contributed by atoms with Crippen molar-refractivity contribution < 1.29 is 9.94 Å². The second kappa shape index (κ2) is 3.97. The third-order valence-electron chi connectivity index (χ3n) is 2.30. The van der Waals surface area contributed by atoms with Crippen molar-refractivity contribution in [3.63, 3.8) is 0 Å². The van der Waals surface area contributed by atoms with Crippen molar-refractivity contribution in [1.29, 1.82) is 0 Å². The Kier molecular flexibility index (Phi) is 2.67. The second-order valence-electron chi connectivity index (χ2n) is 3.36. The fourth-order valence-electron chi connectivity index (χ4n) is 1.52. The van der Waals surface area contributed by atoms with Gasteiger partial charge in [-0.1, -0.05) is 0 Å². The molecule has 0 unspecified atom stereocenters. The van der Waals surface area contributed by atoms with E-state index in [1.54, 1.807) is 0 Å². The minimum Gasteiger partial charge on any atom is -0.394 e. The standard InChI is InChI=1S/C8H11N3O4/c12-3-4-1-6(11-15-4)5-2-9-8(14)10-7(5)13/h2,4,6,11-12H,1,3H2,(H2,9,10,13,14)/t4-,6+/m0/s1. The summed E-state index contributed by atoms with van der Waals surface area (Å²) in [5.74, 6) is 0. The zero-order valence-electron chi connectivity index (χ0n) is 7.82. The van der Waals surface area contributed by atoms with E-state index in [4.69, 9.17) is 9.94 Å². The molecule has 1 aromatic heterocycles. The topological polar surface area (TPSA) is 107 Å². The molecule has 1 aliphatic heterocycles. The Balaban J connectivity index is 2.24. The summed E-state index contributed by atoms with van der Waals surface area (Å²) in [5, 5.41) is 8.84. The Morgan fingerprint density at radius 2 is 2.33 bits per heavy atom. The Morgan fingerprint density at radius 1 is 1.53 bits per heavy atom. The Morgan fingerprint density at radius 3 is 2.93 bits per heavy atom. The van der Waals surface area contributed by atoms with Gasteiger partial charge in [-0.3, -0.25) is 14.6 Å². The van der Waals surface area contributed by atoms with Gasteiger partial charge in [-0.25, -0.2) is 4.79 Å². The van der Waals surface area contributed by atoms with Crippen LogP contribution in [0, 0.1) is 0 Å². The second-order valence-corrected chi connectivity index (χ2v) is 3.36. The van der Waals surface area contributed by atoms with Gasteiger partial charge in [0.2, 0.25) is 0 Å². The number of nitrogens with one attached hydrogen (secondary N) is 3. The van der Waals surface area contributed by atoms with Crippen LogP contribution in [0.5, 0.6) is 0 Å². The van der Waals surface area contributed by atoms with E-state index in [0.29, 0.717) is 12.0 Å². The summed E-state index contributed by atoms with van der Waals surface area (Å²) in [6, 6.07) is -0.303. The monoisotopic (exact) mass is 213 g/mol. The van der Waals surface area contributed by atoms with Crippen molar-refractivity contribution in [3.8, 4) is 0 Å². The van der Waals surface area contributed by atoms with Gasteiger partial charge in [0.1, 0.15) is 6.10 Å². The quantitative estimate of drug-likeness (QED) is 0.473. The van der Waals surface area contributed by atoms with Gasteiger partial charge in [0.05, 0.1) is 18.2 Å². The van der Waals surface area contributed by atoms with Crippen molar-refractivity contribution in [2.45, 2.75) is 18.6 Å².